The predicted octanol–water partition coefficient (Wildman–Crippen LogP) is 3.72. The van der Waals surface area contributed by atoms with Crippen LogP contribution in [0, 0.1) is 22.7 Å². The Bertz CT molecular complexity index is 744. The highest BCUT2D eigenvalue weighted by Gasteiger charge is 2.67. The molecule has 7 heteroatoms. The second kappa shape index (κ2) is 8.27. The number of ketones is 2. The van der Waals surface area contributed by atoms with Gasteiger partial charge in [-0.25, -0.2) is 8.42 Å². The maximum atomic E-state index is 12.0. The molecule has 2 bridgehead atoms. The summed E-state index contributed by atoms with van der Waals surface area (Å²) in [5.41, 5.74) is -0.994. The minimum Gasteiger partial charge on any atom is -0.747 e. The van der Waals surface area contributed by atoms with Crippen molar-refractivity contribution in [2.45, 2.75) is 90.1 Å². The number of hydrogen-bond acceptors (Lipinski definition) is 5. The first-order valence-corrected chi connectivity index (χ1v) is 13.9. The number of rotatable bonds is 4. The fourth-order valence-electron chi connectivity index (χ4n) is 5.13. The smallest absolute Gasteiger partial charge is 0.184 e. The Kier molecular flexibility index (Phi) is 7.09. The lowest BCUT2D eigenvalue weighted by Crippen LogP contribution is -2.38. The van der Waals surface area contributed by atoms with Gasteiger partial charge < -0.3 is 4.55 Å². The van der Waals surface area contributed by atoms with E-state index in [-0.39, 0.29) is 28.0 Å². The van der Waals surface area contributed by atoms with Gasteiger partial charge in [0.15, 0.2) is 17.3 Å². The van der Waals surface area contributed by atoms with Crippen LogP contribution in [0.5, 0.6) is 0 Å². The van der Waals surface area contributed by atoms with Gasteiger partial charge in [-0.2, -0.15) is 0 Å². The second-order valence-electron chi connectivity index (χ2n) is 10.8. The van der Waals surface area contributed by atoms with Gasteiger partial charge in [-0.3, -0.25) is 9.59 Å². The molecule has 3 aliphatic rings. The molecule has 3 aliphatic carbocycles. The van der Waals surface area contributed by atoms with Crippen molar-refractivity contribution in [1.29, 1.82) is 0 Å². The summed E-state index contributed by atoms with van der Waals surface area (Å²) in [6.45, 7) is 12.3. The lowest BCUT2D eigenvalue weighted by Gasteiger charge is -2.32. The highest BCUT2D eigenvalue weighted by atomic mass is 32.2. The van der Waals surface area contributed by atoms with E-state index in [0.29, 0.717) is 29.3 Å². The predicted molar refractivity (Wildman–Crippen MR) is 118 cm³/mol. The van der Waals surface area contributed by atoms with Gasteiger partial charge in [0.2, 0.25) is 0 Å². The zero-order valence-electron chi connectivity index (χ0n) is 19.0. The number of fused-ring (bicyclic) bond motifs is 2. The molecule has 4 unspecified atom stereocenters. The average Bonchev–Trinajstić information content (AvgIpc) is 3.20. The standard InChI is InChI=1S/C12H23OS.C10H16O4S/c1-12(2,3)14(4)9-11(13)10-7-5-6-8-10;1-9(2)6-4-5-10(9,3)8(11)7(6)15(12,13)14/h10H,5-9H2,1-4H3;6-7H,4-5H2,1-3H3,(H,12,13,14)/q+1;/p-1. The quantitative estimate of drug-likeness (QED) is 0.485. The molecule has 3 rings (SSSR count). The summed E-state index contributed by atoms with van der Waals surface area (Å²) in [6.07, 6.45) is 8.44. The van der Waals surface area contributed by atoms with Gasteiger partial charge in [0.1, 0.15) is 20.1 Å². The van der Waals surface area contributed by atoms with Crippen molar-refractivity contribution in [3.63, 3.8) is 0 Å². The number of Topliss-reactive ketones (excluding diaryl/α,β-unsaturated/α-hetero) is 2. The van der Waals surface area contributed by atoms with Crippen LogP contribution in [0.3, 0.4) is 0 Å². The minimum absolute atomic E-state index is 0.237. The van der Waals surface area contributed by atoms with E-state index in [9.17, 15) is 22.6 Å². The van der Waals surface area contributed by atoms with Crippen molar-refractivity contribution in [2.24, 2.45) is 22.7 Å². The molecule has 0 spiro atoms. The Morgan fingerprint density at radius 3 is 2.00 bits per heavy atom. The largest absolute Gasteiger partial charge is 0.747 e. The molecule has 3 saturated carbocycles. The Balaban J connectivity index is 0.000000208. The normalized spacial score (nSPS) is 32.8. The minimum atomic E-state index is -4.49. The Labute approximate surface area is 179 Å². The topological polar surface area (TPSA) is 91.3 Å². The summed E-state index contributed by atoms with van der Waals surface area (Å²) in [5.74, 6) is 1.10. The Morgan fingerprint density at radius 1 is 1.14 bits per heavy atom. The van der Waals surface area contributed by atoms with Crippen LogP contribution in [-0.4, -0.2) is 46.5 Å². The van der Waals surface area contributed by atoms with Crippen molar-refractivity contribution < 1.29 is 22.6 Å². The first-order valence-electron chi connectivity index (χ1n) is 10.7. The molecule has 0 radical (unpaired) electrons. The van der Waals surface area contributed by atoms with E-state index in [1.54, 1.807) is 6.92 Å². The molecule has 0 N–H and O–H groups in total. The summed E-state index contributed by atoms with van der Waals surface area (Å²) in [5, 5.41) is -1.30. The summed E-state index contributed by atoms with van der Waals surface area (Å²) in [6, 6.07) is 0. The number of hydrogen-bond donors (Lipinski definition) is 0. The van der Waals surface area contributed by atoms with Crippen molar-refractivity contribution in [3.05, 3.63) is 0 Å². The molecule has 0 aromatic heterocycles. The maximum absolute atomic E-state index is 12.0. The third kappa shape index (κ3) is 4.77. The zero-order valence-corrected chi connectivity index (χ0v) is 20.7. The molecule has 3 fully saturated rings. The van der Waals surface area contributed by atoms with Gasteiger partial charge in [-0.05, 0) is 68.7 Å². The van der Waals surface area contributed by atoms with Crippen LogP contribution in [0.1, 0.15) is 80.1 Å². The highest BCUT2D eigenvalue weighted by Crippen LogP contribution is 2.64. The van der Waals surface area contributed by atoms with Crippen LogP contribution < -0.4 is 0 Å². The second-order valence-corrected chi connectivity index (χ2v) is 15.1. The molecule has 5 nitrogen and oxygen atoms in total. The first-order chi connectivity index (χ1) is 13.0. The van der Waals surface area contributed by atoms with E-state index in [1.165, 1.54) is 12.8 Å². The molecule has 0 aliphatic heterocycles. The molecule has 0 aromatic rings. The molecule has 29 heavy (non-hydrogen) atoms. The number of carbonyl (C=O) groups excluding carboxylic acids is 2. The number of carbonyl (C=O) groups is 2. The van der Waals surface area contributed by atoms with E-state index in [2.05, 4.69) is 27.0 Å². The van der Waals surface area contributed by atoms with Gasteiger partial charge >= 0.3 is 0 Å². The van der Waals surface area contributed by atoms with Crippen LogP contribution in [-0.2, 0) is 30.6 Å². The lowest BCUT2D eigenvalue weighted by molar-refractivity contribution is -0.128. The molecule has 0 heterocycles. The molecule has 0 saturated heterocycles. The molecule has 0 aromatic carbocycles. The summed E-state index contributed by atoms with van der Waals surface area (Å²) in [4.78, 5) is 23.9. The van der Waals surface area contributed by atoms with Gasteiger partial charge in [0, 0.05) is 11.3 Å². The fourth-order valence-corrected chi connectivity index (χ4v) is 7.63. The maximum Gasteiger partial charge on any atom is 0.184 e. The fraction of sp³-hybridized carbons (Fsp3) is 0.909. The SMILES string of the molecule is CC12CCC(C(S(=O)(=O)[O-])C1=O)C2(C)C.C[S+](CC(=O)C1CCCC1)C(C)(C)C. The molecule has 168 valence electrons. The van der Waals surface area contributed by atoms with E-state index in [4.69, 9.17) is 0 Å². The van der Waals surface area contributed by atoms with Gasteiger partial charge in [-0.1, -0.05) is 33.6 Å². The van der Waals surface area contributed by atoms with Crippen LogP contribution in [0.15, 0.2) is 0 Å². The van der Waals surface area contributed by atoms with E-state index in [1.807, 2.05) is 13.8 Å². The summed E-state index contributed by atoms with van der Waals surface area (Å²) >= 11 is 0. The third-order valence-electron chi connectivity index (χ3n) is 8.00. The van der Waals surface area contributed by atoms with Crippen LogP contribution in [0.25, 0.3) is 0 Å². The van der Waals surface area contributed by atoms with E-state index >= 15 is 0 Å². The monoisotopic (exact) mass is 446 g/mol. The Morgan fingerprint density at radius 2 is 1.66 bits per heavy atom. The van der Waals surface area contributed by atoms with Gasteiger partial charge in [0.05, 0.1) is 6.26 Å². The average molecular weight is 447 g/mol. The van der Waals surface area contributed by atoms with Crippen molar-refractivity contribution in [3.8, 4) is 0 Å². The van der Waals surface area contributed by atoms with Crippen LogP contribution in [0.4, 0.5) is 0 Å². The summed E-state index contributed by atoms with van der Waals surface area (Å²) in [7, 11) is -4.25. The van der Waals surface area contributed by atoms with Crippen LogP contribution >= 0.6 is 0 Å². The van der Waals surface area contributed by atoms with Gasteiger partial charge in [0.25, 0.3) is 0 Å². The van der Waals surface area contributed by atoms with Crippen molar-refractivity contribution >= 4 is 32.6 Å². The first kappa shape index (κ1) is 24.9. The molecular formula is C22H38O5S2. The van der Waals surface area contributed by atoms with Gasteiger partial charge in [-0.15, -0.1) is 0 Å². The lowest BCUT2D eigenvalue weighted by atomic mass is 9.70. The van der Waals surface area contributed by atoms with Crippen molar-refractivity contribution in [1.82, 2.24) is 0 Å². The Hall–Kier alpha value is -0.400. The summed E-state index contributed by atoms with van der Waals surface area (Å²) < 4.78 is 33.6. The third-order valence-corrected chi connectivity index (χ3v) is 12.0. The highest BCUT2D eigenvalue weighted by molar-refractivity contribution is 7.98. The van der Waals surface area contributed by atoms with Crippen LogP contribution in [0.2, 0.25) is 0 Å². The zero-order chi connectivity index (χ0) is 22.4. The molecule has 4 atom stereocenters. The van der Waals surface area contributed by atoms with Crippen molar-refractivity contribution in [2.75, 3.05) is 12.0 Å². The molecular weight excluding hydrogens is 408 g/mol. The molecule has 0 amide bonds. The van der Waals surface area contributed by atoms with E-state index in [0.717, 1.165) is 18.6 Å². The van der Waals surface area contributed by atoms with E-state index < -0.39 is 20.8 Å².